The van der Waals surface area contributed by atoms with Gasteiger partial charge in [-0.15, -0.1) is 0 Å². The Morgan fingerprint density at radius 2 is 0.958 bits per heavy atom. The molecular formula is C21H48N2O. The largest absolute Gasteiger partial charge is 0.396 e. The minimum absolute atomic E-state index is 0.219. The lowest BCUT2D eigenvalue weighted by molar-refractivity contribution is 0.255. The summed E-state index contributed by atoms with van der Waals surface area (Å²) in [6.07, 6.45) is 17.6. The van der Waals surface area contributed by atoms with Gasteiger partial charge in [0.15, 0.2) is 0 Å². The molecule has 24 heavy (non-hydrogen) atoms. The van der Waals surface area contributed by atoms with Crippen molar-refractivity contribution < 1.29 is 5.11 Å². The van der Waals surface area contributed by atoms with Gasteiger partial charge in [0.25, 0.3) is 0 Å². The molecule has 0 amide bonds. The summed E-state index contributed by atoms with van der Waals surface area (Å²) in [7, 11) is 0. The molecule has 0 heterocycles. The van der Waals surface area contributed by atoms with Crippen molar-refractivity contribution in [3.63, 3.8) is 0 Å². The molecule has 0 aliphatic heterocycles. The molecular weight excluding hydrogens is 296 g/mol. The van der Waals surface area contributed by atoms with E-state index in [4.69, 9.17) is 10.8 Å². The van der Waals surface area contributed by atoms with Crippen LogP contribution in [-0.2, 0) is 0 Å². The third kappa shape index (κ3) is 24.1. The lowest BCUT2D eigenvalue weighted by Crippen LogP contribution is -2.27. The minimum atomic E-state index is 0.219. The third-order valence-electron chi connectivity index (χ3n) is 4.35. The van der Waals surface area contributed by atoms with Crippen LogP contribution in [0.3, 0.4) is 0 Å². The van der Waals surface area contributed by atoms with Gasteiger partial charge in [-0.3, -0.25) is 0 Å². The zero-order chi connectivity index (χ0) is 18.3. The van der Waals surface area contributed by atoms with E-state index in [1.54, 1.807) is 0 Å². The second-order valence-electron chi connectivity index (χ2n) is 6.89. The summed E-state index contributed by atoms with van der Waals surface area (Å²) >= 11 is 0. The zero-order valence-corrected chi connectivity index (χ0v) is 17.2. The highest BCUT2D eigenvalue weighted by Crippen LogP contribution is 2.08. The number of aliphatic hydroxyl groups excluding tert-OH is 1. The molecule has 0 aromatic heterocycles. The van der Waals surface area contributed by atoms with Crippen LogP contribution in [-0.4, -0.2) is 42.8 Å². The van der Waals surface area contributed by atoms with E-state index in [1.165, 1.54) is 96.7 Å². The Bertz CT molecular complexity index is 170. The number of hydrogen-bond acceptors (Lipinski definition) is 3. The van der Waals surface area contributed by atoms with E-state index in [9.17, 15) is 0 Å². The first kappa shape index (κ1) is 26.1. The molecule has 3 nitrogen and oxygen atoms in total. The van der Waals surface area contributed by atoms with Crippen molar-refractivity contribution >= 4 is 0 Å². The summed E-state index contributed by atoms with van der Waals surface area (Å²) in [5, 5.41) is 7.99. The van der Waals surface area contributed by atoms with Crippen LogP contribution >= 0.6 is 0 Å². The molecule has 3 N–H and O–H groups in total. The van der Waals surface area contributed by atoms with Gasteiger partial charge in [0, 0.05) is 6.61 Å². The molecule has 148 valence electrons. The summed E-state index contributed by atoms with van der Waals surface area (Å²) < 4.78 is 0. The molecule has 0 spiro atoms. The lowest BCUT2D eigenvalue weighted by atomic mass is 10.1. The molecule has 0 saturated carbocycles. The van der Waals surface area contributed by atoms with E-state index in [2.05, 4.69) is 25.7 Å². The number of rotatable bonds is 17. The van der Waals surface area contributed by atoms with E-state index < -0.39 is 0 Å². The first-order valence-corrected chi connectivity index (χ1v) is 10.8. The number of nitrogens with zero attached hydrogens (tertiary/aromatic N) is 1. The predicted molar refractivity (Wildman–Crippen MR) is 110 cm³/mol. The Labute approximate surface area is 153 Å². The first-order valence-electron chi connectivity index (χ1n) is 10.8. The second kappa shape index (κ2) is 25.1. The molecule has 0 aromatic rings. The van der Waals surface area contributed by atoms with E-state index in [0.717, 1.165) is 6.42 Å². The van der Waals surface area contributed by atoms with E-state index in [0.29, 0.717) is 6.54 Å². The van der Waals surface area contributed by atoms with Crippen molar-refractivity contribution in [3.8, 4) is 0 Å². The highest BCUT2D eigenvalue weighted by Gasteiger charge is 2.04. The van der Waals surface area contributed by atoms with Gasteiger partial charge < -0.3 is 15.7 Å². The summed E-state index contributed by atoms with van der Waals surface area (Å²) in [4.78, 5) is 2.74. The number of hydrogen-bond donors (Lipinski definition) is 2. The van der Waals surface area contributed by atoms with Crippen molar-refractivity contribution in [1.82, 2.24) is 4.90 Å². The number of nitrogens with two attached hydrogens (primary N) is 1. The topological polar surface area (TPSA) is 49.5 Å². The van der Waals surface area contributed by atoms with Crippen LogP contribution in [0.4, 0.5) is 0 Å². The fourth-order valence-corrected chi connectivity index (χ4v) is 2.71. The van der Waals surface area contributed by atoms with Gasteiger partial charge >= 0.3 is 0 Å². The lowest BCUT2D eigenvalue weighted by Gasteiger charge is -2.22. The molecule has 0 saturated heterocycles. The van der Waals surface area contributed by atoms with Crippen molar-refractivity contribution in [1.29, 1.82) is 0 Å². The normalized spacial score (nSPS) is 10.8. The van der Waals surface area contributed by atoms with Gasteiger partial charge in [-0.2, -0.15) is 0 Å². The van der Waals surface area contributed by atoms with Crippen LogP contribution in [0.25, 0.3) is 0 Å². The van der Waals surface area contributed by atoms with Gasteiger partial charge in [0.2, 0.25) is 0 Å². The van der Waals surface area contributed by atoms with E-state index in [1.807, 2.05) is 0 Å². The van der Waals surface area contributed by atoms with Crippen LogP contribution < -0.4 is 5.73 Å². The standard InChI is InChI=1S/C18H39N.C3H9NO/c1-4-7-10-13-16-19(17-14-11-8-5-2)18-15-12-9-6-3;4-2-1-3-5/h4-18H2,1-3H3;5H,1-4H2. The Morgan fingerprint density at radius 1 is 0.583 bits per heavy atom. The Hall–Kier alpha value is -0.120. The predicted octanol–water partition coefficient (Wildman–Crippen LogP) is 5.36. The molecule has 0 bridgehead atoms. The zero-order valence-electron chi connectivity index (χ0n) is 17.2. The average Bonchev–Trinajstić information content (AvgIpc) is 2.60. The van der Waals surface area contributed by atoms with Crippen molar-refractivity contribution in [2.45, 2.75) is 104 Å². The summed E-state index contributed by atoms with van der Waals surface area (Å²) in [5.74, 6) is 0. The summed E-state index contributed by atoms with van der Waals surface area (Å²) in [6, 6.07) is 0. The van der Waals surface area contributed by atoms with Gasteiger partial charge in [-0.1, -0.05) is 78.6 Å². The molecule has 0 fully saturated rings. The maximum absolute atomic E-state index is 7.99. The SMILES string of the molecule is CCCCCCN(CCCCCC)CCCCCC.NCCCO. The van der Waals surface area contributed by atoms with Crippen molar-refractivity contribution in [3.05, 3.63) is 0 Å². The molecule has 0 aliphatic rings. The summed E-state index contributed by atoms with van der Waals surface area (Å²) in [5.41, 5.74) is 4.98. The van der Waals surface area contributed by atoms with Gasteiger partial charge in [0.1, 0.15) is 0 Å². The number of aliphatic hydroxyl groups is 1. The molecule has 0 unspecified atom stereocenters. The van der Waals surface area contributed by atoms with Crippen LogP contribution in [0, 0.1) is 0 Å². The quantitative estimate of drug-likeness (QED) is 0.349. The third-order valence-corrected chi connectivity index (χ3v) is 4.35. The Kier molecular flexibility index (Phi) is 27.3. The van der Waals surface area contributed by atoms with E-state index >= 15 is 0 Å². The second-order valence-corrected chi connectivity index (χ2v) is 6.89. The summed E-state index contributed by atoms with van der Waals surface area (Å²) in [6.45, 7) is 11.7. The molecule has 0 rings (SSSR count). The first-order chi connectivity index (χ1) is 11.8. The fraction of sp³-hybridized carbons (Fsp3) is 1.00. The van der Waals surface area contributed by atoms with Crippen LogP contribution in [0.1, 0.15) is 104 Å². The number of unbranched alkanes of at least 4 members (excludes halogenated alkanes) is 9. The molecule has 3 heteroatoms. The molecule has 0 aromatic carbocycles. The highest BCUT2D eigenvalue weighted by atomic mass is 16.2. The highest BCUT2D eigenvalue weighted by molar-refractivity contribution is 4.59. The molecule has 0 radical (unpaired) electrons. The van der Waals surface area contributed by atoms with Crippen molar-refractivity contribution in [2.24, 2.45) is 5.73 Å². The van der Waals surface area contributed by atoms with E-state index in [-0.39, 0.29) is 6.61 Å². The monoisotopic (exact) mass is 344 g/mol. The fourth-order valence-electron chi connectivity index (χ4n) is 2.71. The van der Waals surface area contributed by atoms with Gasteiger partial charge in [0.05, 0.1) is 0 Å². The van der Waals surface area contributed by atoms with Crippen LogP contribution in [0.2, 0.25) is 0 Å². The maximum atomic E-state index is 7.99. The van der Waals surface area contributed by atoms with Gasteiger partial charge in [-0.25, -0.2) is 0 Å². The maximum Gasteiger partial charge on any atom is 0.0443 e. The smallest absolute Gasteiger partial charge is 0.0443 e. The average molecular weight is 345 g/mol. The Morgan fingerprint density at radius 3 is 1.17 bits per heavy atom. The molecule has 0 atom stereocenters. The molecule has 0 aliphatic carbocycles. The van der Waals surface area contributed by atoms with Gasteiger partial charge in [-0.05, 0) is 51.9 Å². The minimum Gasteiger partial charge on any atom is -0.396 e. The Balaban J connectivity index is 0. The van der Waals surface area contributed by atoms with Crippen LogP contribution in [0.5, 0.6) is 0 Å². The van der Waals surface area contributed by atoms with Crippen LogP contribution in [0.15, 0.2) is 0 Å². The van der Waals surface area contributed by atoms with Crippen molar-refractivity contribution in [2.75, 3.05) is 32.8 Å².